The van der Waals surface area contributed by atoms with E-state index in [1.807, 2.05) is 11.4 Å². The number of aliphatic hydroxyl groups excluding tert-OH is 1. The lowest BCUT2D eigenvalue weighted by molar-refractivity contribution is 0.174. The third kappa shape index (κ3) is 2.31. The van der Waals surface area contributed by atoms with Gasteiger partial charge in [-0.1, -0.05) is 6.07 Å². The number of thiazole rings is 1. The van der Waals surface area contributed by atoms with Crippen molar-refractivity contribution < 1.29 is 5.11 Å². The number of hydrogen-bond acceptors (Lipinski definition) is 5. The molecule has 3 N–H and O–H groups in total. The van der Waals surface area contributed by atoms with E-state index in [4.69, 9.17) is 5.73 Å². The van der Waals surface area contributed by atoms with Crippen molar-refractivity contribution in [2.24, 2.45) is 0 Å². The van der Waals surface area contributed by atoms with E-state index < -0.39 is 6.10 Å². The molecule has 78 valence electrons. The third-order valence-electron chi connectivity index (χ3n) is 2.13. The summed E-state index contributed by atoms with van der Waals surface area (Å²) in [5.74, 6) is 0.465. The molecular weight excluding hydrogens is 210 g/mol. The molecule has 2 heterocycles. The van der Waals surface area contributed by atoms with Crippen LogP contribution in [0, 0.1) is 0 Å². The quantitative estimate of drug-likeness (QED) is 0.821. The molecule has 0 aromatic carbocycles. The van der Waals surface area contributed by atoms with Gasteiger partial charge in [0.15, 0.2) is 0 Å². The lowest BCUT2D eigenvalue weighted by Gasteiger charge is -2.08. The van der Waals surface area contributed by atoms with Gasteiger partial charge >= 0.3 is 0 Å². The molecule has 1 unspecified atom stereocenters. The first-order chi connectivity index (χ1) is 7.27. The molecule has 0 aliphatic carbocycles. The summed E-state index contributed by atoms with van der Waals surface area (Å²) in [5.41, 5.74) is 8.91. The molecule has 0 radical (unpaired) electrons. The van der Waals surface area contributed by atoms with Gasteiger partial charge in [-0.05, 0) is 11.6 Å². The molecule has 0 amide bonds. The Morgan fingerprint density at radius 1 is 1.47 bits per heavy atom. The number of nitrogens with zero attached hydrogens (tertiary/aromatic N) is 2. The van der Waals surface area contributed by atoms with Gasteiger partial charge in [-0.15, -0.1) is 11.3 Å². The van der Waals surface area contributed by atoms with Crippen LogP contribution in [0.25, 0.3) is 0 Å². The van der Waals surface area contributed by atoms with Gasteiger partial charge < -0.3 is 10.8 Å². The van der Waals surface area contributed by atoms with Crippen molar-refractivity contribution in [1.29, 1.82) is 0 Å². The van der Waals surface area contributed by atoms with Gasteiger partial charge in [0.1, 0.15) is 11.9 Å². The molecule has 2 aromatic rings. The Hall–Kier alpha value is -1.46. The van der Waals surface area contributed by atoms with Crippen molar-refractivity contribution in [1.82, 2.24) is 9.97 Å². The van der Waals surface area contributed by atoms with E-state index >= 15 is 0 Å². The molecule has 0 saturated carbocycles. The highest BCUT2D eigenvalue weighted by Crippen LogP contribution is 2.20. The first kappa shape index (κ1) is 10.1. The van der Waals surface area contributed by atoms with Crippen molar-refractivity contribution in [2.45, 2.75) is 12.5 Å². The Balaban J connectivity index is 2.13. The second kappa shape index (κ2) is 4.37. The summed E-state index contributed by atoms with van der Waals surface area (Å²) in [7, 11) is 0. The van der Waals surface area contributed by atoms with Crippen LogP contribution in [0.1, 0.15) is 17.4 Å². The standard InChI is InChI=1S/C10H11N3OS/c11-10-7(2-1-3-12-10)4-9(14)8-5-15-6-13-8/h1-3,5-6,9,14H,4H2,(H2,11,12). The first-order valence-corrected chi connectivity index (χ1v) is 5.47. The zero-order chi connectivity index (χ0) is 10.7. The van der Waals surface area contributed by atoms with Crippen LogP contribution in [-0.4, -0.2) is 15.1 Å². The van der Waals surface area contributed by atoms with Gasteiger partial charge in [0.05, 0.1) is 11.2 Å². The average molecular weight is 221 g/mol. The summed E-state index contributed by atoms with van der Waals surface area (Å²) < 4.78 is 0. The Morgan fingerprint density at radius 3 is 3.00 bits per heavy atom. The second-order valence-corrected chi connectivity index (χ2v) is 3.90. The smallest absolute Gasteiger partial charge is 0.126 e. The molecule has 5 heteroatoms. The molecular formula is C10H11N3OS. The molecule has 0 spiro atoms. The predicted molar refractivity (Wildman–Crippen MR) is 59.4 cm³/mol. The van der Waals surface area contributed by atoms with E-state index in [0.717, 1.165) is 5.56 Å². The van der Waals surface area contributed by atoms with Crippen LogP contribution in [0.15, 0.2) is 29.2 Å². The SMILES string of the molecule is Nc1ncccc1CC(O)c1cscn1. The maximum Gasteiger partial charge on any atom is 0.126 e. The Kier molecular flexibility index (Phi) is 2.94. The first-order valence-electron chi connectivity index (χ1n) is 4.53. The fourth-order valence-electron chi connectivity index (χ4n) is 1.32. The maximum atomic E-state index is 9.85. The number of nitrogen functional groups attached to an aromatic ring is 1. The van der Waals surface area contributed by atoms with E-state index in [-0.39, 0.29) is 0 Å². The molecule has 2 aromatic heterocycles. The van der Waals surface area contributed by atoms with Crippen LogP contribution >= 0.6 is 11.3 Å². The number of aliphatic hydroxyl groups is 1. The fraction of sp³-hybridized carbons (Fsp3) is 0.200. The van der Waals surface area contributed by atoms with Gasteiger partial charge in [0, 0.05) is 18.0 Å². The molecule has 2 rings (SSSR count). The normalized spacial score (nSPS) is 12.6. The fourth-order valence-corrected chi connectivity index (χ4v) is 1.92. The largest absolute Gasteiger partial charge is 0.386 e. The summed E-state index contributed by atoms with van der Waals surface area (Å²) in [6, 6.07) is 3.66. The molecule has 0 aliphatic rings. The molecule has 0 saturated heterocycles. The van der Waals surface area contributed by atoms with Crippen molar-refractivity contribution in [3.05, 3.63) is 40.5 Å². The van der Waals surface area contributed by atoms with Crippen molar-refractivity contribution in [3.63, 3.8) is 0 Å². The Bertz CT molecular complexity index is 430. The number of hydrogen-bond donors (Lipinski definition) is 2. The molecule has 0 aliphatic heterocycles. The lowest BCUT2D eigenvalue weighted by atomic mass is 10.1. The predicted octanol–water partition coefficient (Wildman–Crippen LogP) is 1.40. The summed E-state index contributed by atoms with van der Waals surface area (Å²) in [6.45, 7) is 0. The number of anilines is 1. The minimum Gasteiger partial charge on any atom is -0.386 e. The van der Waals surface area contributed by atoms with Crippen molar-refractivity contribution >= 4 is 17.2 Å². The van der Waals surface area contributed by atoms with Gasteiger partial charge in [0.25, 0.3) is 0 Å². The summed E-state index contributed by atoms with van der Waals surface area (Å²) in [4.78, 5) is 8.01. The molecule has 4 nitrogen and oxygen atoms in total. The summed E-state index contributed by atoms with van der Waals surface area (Å²) in [6.07, 6.45) is 1.47. The topological polar surface area (TPSA) is 72.0 Å². The molecule has 0 bridgehead atoms. The van der Waals surface area contributed by atoms with Crippen LogP contribution in [0.5, 0.6) is 0 Å². The van der Waals surface area contributed by atoms with Crippen LogP contribution in [-0.2, 0) is 6.42 Å². The highest BCUT2D eigenvalue weighted by molar-refractivity contribution is 7.07. The monoisotopic (exact) mass is 221 g/mol. The van der Waals surface area contributed by atoms with E-state index in [1.54, 1.807) is 17.8 Å². The van der Waals surface area contributed by atoms with Crippen LogP contribution in [0.2, 0.25) is 0 Å². The Morgan fingerprint density at radius 2 is 2.33 bits per heavy atom. The number of aromatic nitrogens is 2. The number of pyridine rings is 1. The molecule has 15 heavy (non-hydrogen) atoms. The van der Waals surface area contributed by atoms with Gasteiger partial charge in [0.2, 0.25) is 0 Å². The average Bonchev–Trinajstić information content (AvgIpc) is 2.74. The minimum absolute atomic E-state index is 0.448. The van der Waals surface area contributed by atoms with Crippen LogP contribution in [0.3, 0.4) is 0 Å². The summed E-state index contributed by atoms with van der Waals surface area (Å²) >= 11 is 1.46. The van der Waals surface area contributed by atoms with E-state index in [0.29, 0.717) is 17.9 Å². The van der Waals surface area contributed by atoms with E-state index in [9.17, 15) is 5.11 Å². The van der Waals surface area contributed by atoms with E-state index in [1.165, 1.54) is 11.3 Å². The lowest BCUT2D eigenvalue weighted by Crippen LogP contribution is -2.05. The zero-order valence-corrected chi connectivity index (χ0v) is 8.81. The highest BCUT2D eigenvalue weighted by Gasteiger charge is 2.12. The second-order valence-electron chi connectivity index (χ2n) is 3.18. The van der Waals surface area contributed by atoms with Gasteiger partial charge in [-0.2, -0.15) is 0 Å². The van der Waals surface area contributed by atoms with Crippen LogP contribution < -0.4 is 5.73 Å². The minimum atomic E-state index is -0.609. The molecule has 1 atom stereocenters. The van der Waals surface area contributed by atoms with Crippen molar-refractivity contribution in [2.75, 3.05) is 5.73 Å². The summed E-state index contributed by atoms with van der Waals surface area (Å²) in [5, 5.41) is 11.7. The maximum absolute atomic E-state index is 9.85. The molecule has 0 fully saturated rings. The Labute approximate surface area is 91.4 Å². The van der Waals surface area contributed by atoms with Gasteiger partial charge in [-0.25, -0.2) is 9.97 Å². The highest BCUT2D eigenvalue weighted by atomic mass is 32.1. The van der Waals surface area contributed by atoms with Crippen molar-refractivity contribution in [3.8, 4) is 0 Å². The van der Waals surface area contributed by atoms with E-state index in [2.05, 4.69) is 9.97 Å². The zero-order valence-electron chi connectivity index (χ0n) is 8.00. The number of nitrogens with two attached hydrogens (primary N) is 1. The number of rotatable bonds is 3. The van der Waals surface area contributed by atoms with Crippen LogP contribution in [0.4, 0.5) is 5.82 Å². The van der Waals surface area contributed by atoms with Gasteiger partial charge in [-0.3, -0.25) is 0 Å². The third-order valence-corrected chi connectivity index (χ3v) is 2.74.